The fraction of sp³-hybridized carbons (Fsp3) is 0.500. The van der Waals surface area contributed by atoms with E-state index in [1.165, 1.54) is 6.33 Å². The topological polar surface area (TPSA) is 122 Å². The van der Waals surface area contributed by atoms with E-state index in [4.69, 9.17) is 24.3 Å². The smallest absolute Gasteiger partial charge is 0.323 e. The van der Waals surface area contributed by atoms with Gasteiger partial charge in [0.15, 0.2) is 5.82 Å². The van der Waals surface area contributed by atoms with Crippen molar-refractivity contribution < 1.29 is 23.3 Å². The van der Waals surface area contributed by atoms with E-state index >= 15 is 0 Å². The normalized spacial score (nSPS) is 19.2. The number of hydrogen-bond acceptors (Lipinski definition) is 9. The molecule has 3 N–H and O–H groups in total. The van der Waals surface area contributed by atoms with Crippen LogP contribution in [0.5, 0.6) is 5.75 Å². The zero-order chi connectivity index (χ0) is 26.2. The molecule has 0 amide bonds. The number of anilines is 1. The lowest BCUT2D eigenvalue weighted by Gasteiger charge is -2.23. The lowest BCUT2D eigenvalue weighted by molar-refractivity contribution is -0.146. The Morgan fingerprint density at radius 1 is 1.22 bits per heavy atom. The molecule has 0 spiro atoms. The van der Waals surface area contributed by atoms with Crippen molar-refractivity contribution in [1.29, 1.82) is 0 Å². The van der Waals surface area contributed by atoms with Gasteiger partial charge in [0.25, 0.3) is 0 Å². The minimum absolute atomic E-state index is 0.126. The number of nitrogens with one attached hydrogen (secondary N) is 1. The molecule has 200 valence electrons. The minimum atomic E-state index is -1.62. The largest absolute Gasteiger partial charge is 0.464 e. The number of aromatic nitrogens is 3. The molecule has 3 unspecified atom stereocenters. The number of rotatable bonds is 13. The van der Waals surface area contributed by atoms with Crippen molar-refractivity contribution in [3.63, 3.8) is 0 Å². The van der Waals surface area contributed by atoms with E-state index < -0.39 is 14.6 Å². The van der Waals surface area contributed by atoms with Crippen LogP contribution in [-0.4, -0.2) is 45.9 Å². The lowest BCUT2D eigenvalue weighted by atomic mass is 10.1. The van der Waals surface area contributed by atoms with E-state index in [9.17, 15) is 4.79 Å². The maximum absolute atomic E-state index is 12.6. The van der Waals surface area contributed by atoms with Gasteiger partial charge in [0.2, 0.25) is 0 Å². The summed E-state index contributed by atoms with van der Waals surface area (Å²) in [5, 5.41) is 7.50. The summed E-state index contributed by atoms with van der Waals surface area (Å²) in [5.74, 6) is 1.13. The summed E-state index contributed by atoms with van der Waals surface area (Å²) in [7, 11) is -1.62. The molecule has 1 fully saturated rings. The minimum Gasteiger partial charge on any atom is -0.464 e. The zero-order valence-corrected chi connectivity index (χ0v) is 22.5. The number of benzene rings is 1. The first-order valence-corrected chi connectivity index (χ1v) is 14.0. The van der Waals surface area contributed by atoms with Crippen LogP contribution in [0.15, 0.2) is 48.8 Å². The number of para-hydroxylation sites is 1. The summed E-state index contributed by atoms with van der Waals surface area (Å²) in [5.41, 5.74) is 7.66. The van der Waals surface area contributed by atoms with Crippen LogP contribution >= 0.6 is 8.53 Å². The van der Waals surface area contributed by atoms with Gasteiger partial charge in [0, 0.05) is 0 Å². The van der Waals surface area contributed by atoms with E-state index in [1.807, 2.05) is 42.5 Å². The molecule has 0 radical (unpaired) electrons. The van der Waals surface area contributed by atoms with Crippen LogP contribution in [0.25, 0.3) is 5.52 Å². The van der Waals surface area contributed by atoms with Crippen LogP contribution in [-0.2, 0) is 18.8 Å². The molecule has 11 heteroatoms. The van der Waals surface area contributed by atoms with Crippen molar-refractivity contribution >= 4 is 25.8 Å². The second kappa shape index (κ2) is 13.1. The van der Waals surface area contributed by atoms with Crippen molar-refractivity contribution in [2.45, 2.75) is 64.7 Å². The third kappa shape index (κ3) is 7.17. The van der Waals surface area contributed by atoms with E-state index in [-0.39, 0.29) is 18.2 Å². The number of nitrogens with zero attached hydrogens (tertiary/aromatic N) is 3. The van der Waals surface area contributed by atoms with Crippen LogP contribution in [0, 0.1) is 5.92 Å². The average Bonchev–Trinajstić information content (AvgIpc) is 3.56. The monoisotopic (exact) mass is 529 g/mol. The molecular weight excluding hydrogens is 493 g/mol. The number of esters is 1. The Balaban J connectivity index is 1.34. The zero-order valence-electron chi connectivity index (χ0n) is 21.6. The summed E-state index contributed by atoms with van der Waals surface area (Å²) in [6.07, 6.45) is 4.78. The van der Waals surface area contributed by atoms with E-state index in [2.05, 4.69) is 29.0 Å². The van der Waals surface area contributed by atoms with Crippen molar-refractivity contribution in [3.8, 4) is 5.75 Å². The number of carbonyl (C=O) groups is 1. The third-order valence-corrected chi connectivity index (χ3v) is 7.88. The number of nitrogens with two attached hydrogens (primary N) is 1. The molecule has 0 bridgehead atoms. The molecule has 2 aromatic heterocycles. The first kappa shape index (κ1) is 27.3. The van der Waals surface area contributed by atoms with Gasteiger partial charge in [-0.3, -0.25) is 4.79 Å². The van der Waals surface area contributed by atoms with Gasteiger partial charge in [0.05, 0.1) is 25.0 Å². The van der Waals surface area contributed by atoms with Crippen molar-refractivity contribution in [1.82, 2.24) is 19.7 Å². The van der Waals surface area contributed by atoms with Crippen molar-refractivity contribution in [2.75, 3.05) is 18.9 Å². The number of hydrogen-bond donors (Lipinski definition) is 2. The molecule has 4 rings (SSSR count). The molecule has 1 aliphatic heterocycles. The molecule has 1 saturated heterocycles. The molecule has 1 aromatic carbocycles. The van der Waals surface area contributed by atoms with Gasteiger partial charge in [-0.05, 0) is 49.9 Å². The standard InChI is InChI=1S/C26H36N5O5P/c1-4-19(5-2)15-33-26(32)18(3)30-37(36-20-9-7-6-8-10-20)34-16-21-11-14-24(35-21)22-12-13-23-25(27)28-17-29-31(22)23/h6-10,12-13,17-19,21,24,30H,4-5,11,14-16H2,1-3H3,(H2,27,28,29)/t18?,21?,24-,37?/m1/s1. The quantitative estimate of drug-likeness (QED) is 0.237. The molecule has 3 heterocycles. The highest BCUT2D eigenvalue weighted by molar-refractivity contribution is 7.45. The Morgan fingerprint density at radius 2 is 2.00 bits per heavy atom. The van der Waals surface area contributed by atoms with Crippen LogP contribution < -0.4 is 15.3 Å². The van der Waals surface area contributed by atoms with Crippen LogP contribution in [0.1, 0.15) is 58.3 Å². The molecule has 3 aromatic rings. The van der Waals surface area contributed by atoms with Crippen LogP contribution in [0.3, 0.4) is 0 Å². The fourth-order valence-corrected chi connectivity index (χ4v) is 5.36. The van der Waals surface area contributed by atoms with Gasteiger partial charge in [-0.1, -0.05) is 44.9 Å². The Bertz CT molecular complexity index is 1140. The first-order valence-electron chi connectivity index (χ1n) is 12.8. The Kier molecular flexibility index (Phi) is 9.68. The van der Waals surface area contributed by atoms with Gasteiger partial charge in [0.1, 0.15) is 29.7 Å². The van der Waals surface area contributed by atoms with E-state index in [0.717, 1.165) is 36.9 Å². The summed E-state index contributed by atoms with van der Waals surface area (Å²) in [4.78, 5) is 16.6. The highest BCUT2D eigenvalue weighted by Gasteiger charge is 2.31. The van der Waals surface area contributed by atoms with Gasteiger partial charge < -0.3 is 24.3 Å². The average molecular weight is 530 g/mol. The number of ether oxygens (including phenoxy) is 2. The molecule has 1 aliphatic rings. The van der Waals surface area contributed by atoms with Crippen molar-refractivity contribution in [3.05, 3.63) is 54.5 Å². The lowest BCUT2D eigenvalue weighted by Crippen LogP contribution is -2.34. The van der Waals surface area contributed by atoms with E-state index in [0.29, 0.717) is 30.7 Å². The molecular formula is C26H36N5O5P. The number of carbonyl (C=O) groups excluding carboxylic acids is 1. The number of fused-ring (bicyclic) bond motifs is 1. The summed E-state index contributed by atoms with van der Waals surface area (Å²) in [6.45, 7) is 6.69. The van der Waals surface area contributed by atoms with Gasteiger partial charge in [-0.15, -0.1) is 0 Å². The van der Waals surface area contributed by atoms with Gasteiger partial charge >= 0.3 is 14.5 Å². The molecule has 0 saturated carbocycles. The third-order valence-electron chi connectivity index (χ3n) is 6.53. The molecule has 0 aliphatic carbocycles. The Morgan fingerprint density at radius 3 is 2.76 bits per heavy atom. The van der Waals surface area contributed by atoms with Gasteiger partial charge in [-0.2, -0.15) is 5.10 Å². The van der Waals surface area contributed by atoms with E-state index in [1.54, 1.807) is 11.4 Å². The van der Waals surface area contributed by atoms with Crippen molar-refractivity contribution in [2.24, 2.45) is 5.92 Å². The number of nitrogen functional groups attached to an aromatic ring is 1. The summed E-state index contributed by atoms with van der Waals surface area (Å²) in [6, 6.07) is 12.7. The molecule has 10 nitrogen and oxygen atoms in total. The molecule has 4 atom stereocenters. The maximum atomic E-state index is 12.6. The Hall–Kier alpha value is -2.78. The Labute approximate surface area is 218 Å². The van der Waals surface area contributed by atoms with Crippen LogP contribution in [0.2, 0.25) is 0 Å². The second-order valence-corrected chi connectivity index (χ2v) is 10.4. The van der Waals surface area contributed by atoms with Gasteiger partial charge in [-0.25, -0.2) is 14.6 Å². The summed E-state index contributed by atoms with van der Waals surface area (Å²) >= 11 is 0. The first-order chi connectivity index (χ1) is 18.0. The second-order valence-electron chi connectivity index (χ2n) is 9.15. The maximum Gasteiger partial charge on any atom is 0.323 e. The molecule has 37 heavy (non-hydrogen) atoms. The predicted octanol–water partition coefficient (Wildman–Crippen LogP) is 4.81. The fourth-order valence-electron chi connectivity index (χ4n) is 4.14. The SMILES string of the molecule is CCC(CC)COC(=O)C(C)NP(OCC1CC[C@H](c2ccc3c(N)ncnn23)O1)Oc1ccccc1. The van der Waals surface area contributed by atoms with Crippen LogP contribution in [0.4, 0.5) is 5.82 Å². The highest BCUT2D eigenvalue weighted by atomic mass is 31.2. The highest BCUT2D eigenvalue weighted by Crippen LogP contribution is 2.39. The predicted molar refractivity (Wildman–Crippen MR) is 142 cm³/mol. The summed E-state index contributed by atoms with van der Waals surface area (Å²) < 4.78 is 25.8.